The molecule has 0 aromatic heterocycles. The first-order valence-electron chi connectivity index (χ1n) is 8.83. The maximum Gasteiger partial charge on any atom is 0.168 e. The summed E-state index contributed by atoms with van der Waals surface area (Å²) in [5, 5.41) is 3.87. The van der Waals surface area contributed by atoms with E-state index in [9.17, 15) is 0 Å². The third kappa shape index (κ3) is 3.44. The summed E-state index contributed by atoms with van der Waals surface area (Å²) in [6.07, 6.45) is 11.3. The van der Waals surface area contributed by atoms with E-state index in [1.165, 1.54) is 44.9 Å². The molecule has 1 saturated heterocycles. The van der Waals surface area contributed by atoms with Crippen molar-refractivity contribution in [3.63, 3.8) is 0 Å². The molecule has 0 radical (unpaired) electrons. The molecule has 3 fully saturated rings. The Morgan fingerprint density at radius 1 is 0.952 bits per heavy atom. The molecule has 2 saturated carbocycles. The molecule has 1 spiro atoms. The highest BCUT2D eigenvalue weighted by Gasteiger charge is 2.41. The molecule has 0 bridgehead atoms. The topological polar surface area (TPSA) is 33.7 Å². The van der Waals surface area contributed by atoms with Crippen molar-refractivity contribution in [2.75, 3.05) is 33.9 Å². The Balaban J connectivity index is 1.48. The first kappa shape index (κ1) is 15.7. The van der Waals surface area contributed by atoms with E-state index >= 15 is 0 Å². The lowest BCUT2D eigenvalue weighted by atomic mass is 9.80. The van der Waals surface area contributed by atoms with Crippen molar-refractivity contribution in [2.24, 2.45) is 0 Å². The third-order valence-corrected chi connectivity index (χ3v) is 6.01. The number of ether oxygens (including phenoxy) is 2. The normalized spacial score (nSPS) is 29.3. The van der Waals surface area contributed by atoms with Crippen molar-refractivity contribution in [1.82, 2.24) is 10.2 Å². The SMILES string of the molecule is CN(C)C1(CNC2CCC3(CC2)OCCO3)CCCCC1. The molecule has 0 aromatic carbocycles. The molecule has 1 heterocycles. The van der Waals surface area contributed by atoms with Gasteiger partial charge in [-0.2, -0.15) is 0 Å². The predicted octanol–water partition coefficient (Wildman–Crippen LogP) is 2.53. The lowest BCUT2D eigenvalue weighted by molar-refractivity contribution is -0.179. The molecule has 2 aliphatic carbocycles. The molecule has 1 N–H and O–H groups in total. The van der Waals surface area contributed by atoms with Crippen LogP contribution in [0.2, 0.25) is 0 Å². The van der Waals surface area contributed by atoms with E-state index in [0.29, 0.717) is 11.6 Å². The summed E-state index contributed by atoms with van der Waals surface area (Å²) in [5.41, 5.74) is 0.383. The zero-order valence-electron chi connectivity index (χ0n) is 13.8. The smallest absolute Gasteiger partial charge is 0.168 e. The molecule has 4 nitrogen and oxygen atoms in total. The summed E-state index contributed by atoms with van der Waals surface area (Å²) < 4.78 is 11.6. The van der Waals surface area contributed by atoms with E-state index in [4.69, 9.17) is 9.47 Å². The van der Waals surface area contributed by atoms with Crippen LogP contribution in [0.4, 0.5) is 0 Å². The largest absolute Gasteiger partial charge is 0.348 e. The first-order chi connectivity index (χ1) is 10.1. The van der Waals surface area contributed by atoms with Crippen LogP contribution in [-0.2, 0) is 9.47 Å². The Morgan fingerprint density at radius 2 is 1.57 bits per heavy atom. The van der Waals surface area contributed by atoms with Gasteiger partial charge in [0, 0.05) is 31.0 Å². The Hall–Kier alpha value is -0.160. The van der Waals surface area contributed by atoms with Gasteiger partial charge in [-0.15, -0.1) is 0 Å². The zero-order valence-corrected chi connectivity index (χ0v) is 13.8. The van der Waals surface area contributed by atoms with E-state index < -0.39 is 0 Å². The van der Waals surface area contributed by atoms with E-state index in [-0.39, 0.29) is 5.79 Å². The minimum atomic E-state index is -0.220. The molecule has 3 aliphatic rings. The molecule has 1 aliphatic heterocycles. The van der Waals surface area contributed by atoms with E-state index in [1.54, 1.807) is 0 Å². The number of nitrogens with zero attached hydrogens (tertiary/aromatic N) is 1. The van der Waals surface area contributed by atoms with Crippen LogP contribution in [-0.4, -0.2) is 56.1 Å². The Morgan fingerprint density at radius 3 is 2.14 bits per heavy atom. The van der Waals surface area contributed by atoms with Crippen LogP contribution in [0.1, 0.15) is 57.8 Å². The number of likely N-dealkylation sites (N-methyl/N-ethyl adjacent to an activating group) is 1. The quantitative estimate of drug-likeness (QED) is 0.864. The summed E-state index contributed by atoms with van der Waals surface area (Å²) >= 11 is 0. The second-order valence-electron chi connectivity index (χ2n) is 7.44. The Bertz CT molecular complexity index is 324. The molecular formula is C17H32N2O2. The van der Waals surface area contributed by atoms with Crippen molar-refractivity contribution < 1.29 is 9.47 Å². The highest BCUT2D eigenvalue weighted by atomic mass is 16.7. The molecule has 122 valence electrons. The van der Waals surface area contributed by atoms with Gasteiger partial charge in [0.1, 0.15) is 0 Å². The average molecular weight is 296 g/mol. The summed E-state index contributed by atoms with van der Waals surface area (Å²) in [4.78, 5) is 2.46. The van der Waals surface area contributed by atoms with Crippen molar-refractivity contribution in [3.8, 4) is 0 Å². The third-order valence-electron chi connectivity index (χ3n) is 6.01. The Labute approximate surface area is 129 Å². The maximum atomic E-state index is 5.82. The second kappa shape index (κ2) is 6.53. The fraction of sp³-hybridized carbons (Fsp3) is 1.00. The van der Waals surface area contributed by atoms with Gasteiger partial charge in [0.15, 0.2) is 5.79 Å². The van der Waals surface area contributed by atoms with Crippen LogP contribution < -0.4 is 5.32 Å². The standard InChI is InChI=1S/C17H32N2O2/c1-19(2)16(8-4-3-5-9-16)14-18-15-6-10-17(11-7-15)20-12-13-21-17/h15,18H,3-14H2,1-2H3. The van der Waals surface area contributed by atoms with Crippen LogP contribution in [0.25, 0.3) is 0 Å². The fourth-order valence-electron chi connectivity index (χ4n) is 4.37. The summed E-state index contributed by atoms with van der Waals surface area (Å²) in [6.45, 7) is 2.70. The highest BCUT2D eigenvalue weighted by molar-refractivity contribution is 4.94. The molecule has 0 aromatic rings. The molecule has 0 amide bonds. The lowest BCUT2D eigenvalue weighted by Crippen LogP contribution is -2.55. The maximum absolute atomic E-state index is 5.82. The van der Waals surface area contributed by atoms with Crippen LogP contribution in [0.5, 0.6) is 0 Å². The van der Waals surface area contributed by atoms with Gasteiger partial charge in [-0.1, -0.05) is 19.3 Å². The summed E-state index contributed by atoms with van der Waals surface area (Å²) in [7, 11) is 4.51. The highest BCUT2D eigenvalue weighted by Crippen LogP contribution is 2.36. The fourth-order valence-corrected chi connectivity index (χ4v) is 4.37. The first-order valence-corrected chi connectivity index (χ1v) is 8.83. The van der Waals surface area contributed by atoms with E-state index in [2.05, 4.69) is 24.3 Å². The van der Waals surface area contributed by atoms with Crippen LogP contribution in [0, 0.1) is 0 Å². The molecule has 4 heteroatoms. The van der Waals surface area contributed by atoms with Gasteiger partial charge in [0.2, 0.25) is 0 Å². The Kier molecular flexibility index (Phi) is 4.89. The van der Waals surface area contributed by atoms with Gasteiger partial charge in [-0.3, -0.25) is 0 Å². The van der Waals surface area contributed by atoms with Crippen molar-refractivity contribution in [1.29, 1.82) is 0 Å². The number of rotatable bonds is 4. The molecule has 0 unspecified atom stereocenters. The molecule has 3 rings (SSSR count). The van der Waals surface area contributed by atoms with Gasteiger partial charge in [-0.25, -0.2) is 0 Å². The van der Waals surface area contributed by atoms with Crippen LogP contribution in [0.3, 0.4) is 0 Å². The van der Waals surface area contributed by atoms with Gasteiger partial charge in [0.25, 0.3) is 0 Å². The van der Waals surface area contributed by atoms with E-state index in [1.807, 2.05) is 0 Å². The summed E-state index contributed by atoms with van der Waals surface area (Å²) in [6, 6.07) is 0.641. The van der Waals surface area contributed by atoms with Crippen LogP contribution in [0.15, 0.2) is 0 Å². The van der Waals surface area contributed by atoms with Gasteiger partial charge >= 0.3 is 0 Å². The lowest BCUT2D eigenvalue weighted by Gasteiger charge is -2.45. The minimum absolute atomic E-state index is 0.220. The zero-order chi connectivity index (χ0) is 14.8. The van der Waals surface area contributed by atoms with Crippen LogP contribution >= 0.6 is 0 Å². The van der Waals surface area contributed by atoms with Gasteiger partial charge in [-0.05, 0) is 39.8 Å². The molecular weight excluding hydrogens is 264 g/mol. The second-order valence-corrected chi connectivity index (χ2v) is 7.44. The number of hydrogen-bond donors (Lipinski definition) is 1. The number of nitrogens with one attached hydrogen (secondary N) is 1. The van der Waals surface area contributed by atoms with Gasteiger partial charge < -0.3 is 19.7 Å². The minimum Gasteiger partial charge on any atom is -0.348 e. The van der Waals surface area contributed by atoms with Crippen molar-refractivity contribution in [3.05, 3.63) is 0 Å². The average Bonchev–Trinajstić information content (AvgIpc) is 2.96. The van der Waals surface area contributed by atoms with Crippen molar-refractivity contribution >= 4 is 0 Å². The molecule has 0 atom stereocenters. The molecule has 21 heavy (non-hydrogen) atoms. The monoisotopic (exact) mass is 296 g/mol. The van der Waals surface area contributed by atoms with Crippen molar-refractivity contribution in [2.45, 2.75) is 75.2 Å². The van der Waals surface area contributed by atoms with E-state index in [0.717, 1.165) is 32.6 Å². The predicted molar refractivity (Wildman–Crippen MR) is 84.4 cm³/mol. The van der Waals surface area contributed by atoms with Gasteiger partial charge in [0.05, 0.1) is 13.2 Å². The number of hydrogen-bond acceptors (Lipinski definition) is 4. The summed E-state index contributed by atoms with van der Waals surface area (Å²) in [5.74, 6) is -0.220.